The minimum atomic E-state index is -0.476. The second-order valence-corrected chi connectivity index (χ2v) is 5.81. The van der Waals surface area contributed by atoms with Crippen molar-refractivity contribution in [2.24, 2.45) is 10.5 Å². The van der Waals surface area contributed by atoms with E-state index in [0.29, 0.717) is 12.3 Å². The minimum absolute atomic E-state index is 0.0169. The lowest BCUT2D eigenvalue weighted by atomic mass is 9.88. The average molecular weight is 279 g/mol. The van der Waals surface area contributed by atoms with Crippen molar-refractivity contribution in [3.8, 4) is 0 Å². The first-order chi connectivity index (χ1) is 9.06. The summed E-state index contributed by atoms with van der Waals surface area (Å²) in [6.45, 7) is 3.85. The van der Waals surface area contributed by atoms with E-state index in [-0.39, 0.29) is 11.9 Å². The Morgan fingerprint density at radius 2 is 2.11 bits per heavy atom. The van der Waals surface area contributed by atoms with E-state index in [2.05, 4.69) is 5.10 Å². The number of rotatable bonds is 4. The SMILES string of the molecule is CC(C)(CCCl)C(=O)N1N=CCC1c1ccccc1. The number of hydrogen-bond donors (Lipinski definition) is 0. The number of hydrazone groups is 1. The Hall–Kier alpha value is -1.35. The first-order valence-corrected chi connectivity index (χ1v) is 7.07. The van der Waals surface area contributed by atoms with Gasteiger partial charge in [0.15, 0.2) is 0 Å². The van der Waals surface area contributed by atoms with Gasteiger partial charge in [-0.2, -0.15) is 5.10 Å². The fourth-order valence-electron chi connectivity index (χ4n) is 2.21. The van der Waals surface area contributed by atoms with Gasteiger partial charge in [-0.1, -0.05) is 44.2 Å². The maximum Gasteiger partial charge on any atom is 0.248 e. The molecule has 1 aromatic rings. The molecule has 2 rings (SSSR count). The zero-order valence-corrected chi connectivity index (χ0v) is 12.1. The van der Waals surface area contributed by atoms with Gasteiger partial charge < -0.3 is 0 Å². The molecule has 102 valence electrons. The van der Waals surface area contributed by atoms with Crippen LogP contribution in [0.1, 0.15) is 38.3 Å². The molecule has 19 heavy (non-hydrogen) atoms. The van der Waals surface area contributed by atoms with Crippen LogP contribution >= 0.6 is 11.6 Å². The largest absolute Gasteiger partial charge is 0.272 e. The molecular formula is C15H19ClN2O. The molecule has 0 N–H and O–H groups in total. The summed E-state index contributed by atoms with van der Waals surface area (Å²) in [6, 6.07) is 10.0. The van der Waals surface area contributed by atoms with E-state index in [1.807, 2.05) is 50.4 Å². The van der Waals surface area contributed by atoms with Gasteiger partial charge in [-0.25, -0.2) is 5.01 Å². The molecule has 0 radical (unpaired) electrons. The smallest absolute Gasteiger partial charge is 0.248 e. The highest BCUT2D eigenvalue weighted by Crippen LogP contribution is 2.33. The van der Waals surface area contributed by atoms with Gasteiger partial charge in [0.05, 0.1) is 6.04 Å². The summed E-state index contributed by atoms with van der Waals surface area (Å²) in [5.74, 6) is 0.516. The van der Waals surface area contributed by atoms with Crippen molar-refractivity contribution in [3.05, 3.63) is 35.9 Å². The van der Waals surface area contributed by atoms with Crippen molar-refractivity contribution >= 4 is 23.7 Å². The van der Waals surface area contributed by atoms with Crippen molar-refractivity contribution < 1.29 is 4.79 Å². The second-order valence-electron chi connectivity index (χ2n) is 5.43. The lowest BCUT2D eigenvalue weighted by Crippen LogP contribution is -2.38. The normalized spacial score (nSPS) is 18.9. The fourth-order valence-corrected chi connectivity index (χ4v) is 2.69. The second kappa shape index (κ2) is 5.74. The zero-order chi connectivity index (χ0) is 13.9. The van der Waals surface area contributed by atoms with Gasteiger partial charge in [0, 0.05) is 23.9 Å². The Labute approximate surface area is 119 Å². The van der Waals surface area contributed by atoms with Crippen molar-refractivity contribution in [1.29, 1.82) is 0 Å². The molecule has 4 heteroatoms. The third kappa shape index (κ3) is 2.98. The van der Waals surface area contributed by atoms with Crippen LogP contribution in [0.4, 0.5) is 0 Å². The summed E-state index contributed by atoms with van der Waals surface area (Å²) in [6.07, 6.45) is 3.24. The van der Waals surface area contributed by atoms with Gasteiger partial charge >= 0.3 is 0 Å². The molecule has 0 saturated carbocycles. The monoisotopic (exact) mass is 278 g/mol. The summed E-state index contributed by atoms with van der Waals surface area (Å²) < 4.78 is 0. The van der Waals surface area contributed by atoms with Crippen molar-refractivity contribution in [3.63, 3.8) is 0 Å². The van der Waals surface area contributed by atoms with Gasteiger partial charge in [-0.3, -0.25) is 4.79 Å². The molecule has 0 aromatic heterocycles. The topological polar surface area (TPSA) is 32.7 Å². The van der Waals surface area contributed by atoms with E-state index >= 15 is 0 Å². The summed E-state index contributed by atoms with van der Waals surface area (Å²) in [7, 11) is 0. The lowest BCUT2D eigenvalue weighted by Gasteiger charge is -2.30. The molecule has 0 fully saturated rings. The number of halogens is 1. The van der Waals surface area contributed by atoms with Gasteiger partial charge in [0.1, 0.15) is 0 Å². The molecule has 1 heterocycles. The van der Waals surface area contributed by atoms with Crippen LogP contribution in [0.15, 0.2) is 35.4 Å². The highest BCUT2D eigenvalue weighted by molar-refractivity contribution is 6.18. The molecule has 1 atom stereocenters. The number of benzene rings is 1. The Morgan fingerprint density at radius 1 is 1.42 bits per heavy atom. The van der Waals surface area contributed by atoms with E-state index in [4.69, 9.17) is 11.6 Å². The van der Waals surface area contributed by atoms with Gasteiger partial charge in [-0.05, 0) is 12.0 Å². The highest BCUT2D eigenvalue weighted by Gasteiger charge is 2.37. The van der Waals surface area contributed by atoms with Crippen LogP contribution in [0.5, 0.6) is 0 Å². The summed E-state index contributed by atoms with van der Waals surface area (Å²) in [5.41, 5.74) is 0.645. The molecule has 0 saturated heterocycles. The molecule has 3 nitrogen and oxygen atoms in total. The average Bonchev–Trinajstić information content (AvgIpc) is 2.87. The van der Waals surface area contributed by atoms with Gasteiger partial charge in [0.2, 0.25) is 5.91 Å². The fraction of sp³-hybridized carbons (Fsp3) is 0.467. The lowest BCUT2D eigenvalue weighted by molar-refractivity contribution is -0.142. The van der Waals surface area contributed by atoms with Crippen LogP contribution in [-0.2, 0) is 4.79 Å². The van der Waals surface area contributed by atoms with Gasteiger partial charge in [0.25, 0.3) is 0 Å². The summed E-state index contributed by atoms with van der Waals surface area (Å²) in [5, 5.41) is 5.87. The molecule has 0 spiro atoms. The van der Waals surface area contributed by atoms with Crippen LogP contribution in [-0.4, -0.2) is 23.0 Å². The number of carbonyl (C=O) groups is 1. The predicted molar refractivity (Wildman–Crippen MR) is 78.3 cm³/mol. The standard InChI is InChI=1S/C15H19ClN2O/c1-15(2,9-10-16)14(19)18-13(8-11-17-18)12-6-4-3-5-7-12/h3-7,11,13H,8-10H2,1-2H3. The van der Waals surface area contributed by atoms with E-state index in [9.17, 15) is 4.79 Å². The Kier molecular flexibility index (Phi) is 4.25. The zero-order valence-electron chi connectivity index (χ0n) is 11.3. The molecule has 1 unspecified atom stereocenters. The molecule has 1 aliphatic rings. The van der Waals surface area contributed by atoms with Gasteiger partial charge in [-0.15, -0.1) is 11.6 Å². The van der Waals surface area contributed by atoms with Crippen LogP contribution in [0.2, 0.25) is 0 Å². The number of alkyl halides is 1. The first-order valence-electron chi connectivity index (χ1n) is 6.53. The first kappa shape index (κ1) is 14.1. The molecule has 1 aromatic carbocycles. The quantitative estimate of drug-likeness (QED) is 0.775. The van der Waals surface area contributed by atoms with Crippen LogP contribution in [0.25, 0.3) is 0 Å². The number of hydrogen-bond acceptors (Lipinski definition) is 2. The molecule has 0 bridgehead atoms. The Balaban J connectivity index is 2.19. The minimum Gasteiger partial charge on any atom is -0.272 e. The molecule has 1 aliphatic heterocycles. The van der Waals surface area contributed by atoms with Crippen molar-refractivity contribution in [2.75, 3.05) is 5.88 Å². The summed E-state index contributed by atoms with van der Waals surface area (Å²) in [4.78, 5) is 12.6. The maximum absolute atomic E-state index is 12.6. The number of carbonyl (C=O) groups excluding carboxylic acids is 1. The van der Waals surface area contributed by atoms with E-state index < -0.39 is 5.41 Å². The molecular weight excluding hydrogens is 260 g/mol. The number of nitrogens with zero attached hydrogens (tertiary/aromatic N) is 2. The Bertz CT molecular complexity index is 470. The molecule has 1 amide bonds. The predicted octanol–water partition coefficient (Wildman–Crippen LogP) is 3.60. The highest BCUT2D eigenvalue weighted by atomic mass is 35.5. The van der Waals surface area contributed by atoms with Crippen LogP contribution in [0, 0.1) is 5.41 Å². The maximum atomic E-state index is 12.6. The van der Waals surface area contributed by atoms with Crippen molar-refractivity contribution in [1.82, 2.24) is 5.01 Å². The van der Waals surface area contributed by atoms with E-state index in [1.165, 1.54) is 0 Å². The third-order valence-electron chi connectivity index (χ3n) is 3.52. The number of amides is 1. The van der Waals surface area contributed by atoms with Crippen LogP contribution in [0.3, 0.4) is 0 Å². The Morgan fingerprint density at radius 3 is 2.74 bits per heavy atom. The van der Waals surface area contributed by atoms with Crippen LogP contribution < -0.4 is 0 Å². The molecule has 0 aliphatic carbocycles. The summed E-state index contributed by atoms with van der Waals surface area (Å²) >= 11 is 5.78. The third-order valence-corrected chi connectivity index (χ3v) is 3.71. The van der Waals surface area contributed by atoms with Crippen molar-refractivity contribution in [2.45, 2.75) is 32.7 Å². The van der Waals surface area contributed by atoms with E-state index in [0.717, 1.165) is 12.0 Å². The van der Waals surface area contributed by atoms with E-state index in [1.54, 1.807) is 5.01 Å².